The van der Waals surface area contributed by atoms with E-state index in [0.29, 0.717) is 0 Å². The molecule has 66 valence electrons. The normalized spacial score (nSPS) is 15.5. The molecule has 0 unspecified atom stereocenters. The zero-order valence-corrected chi connectivity index (χ0v) is 8.31. The van der Waals surface area contributed by atoms with Crippen molar-refractivity contribution in [2.45, 2.75) is 13.3 Å². The van der Waals surface area contributed by atoms with Gasteiger partial charge in [0.15, 0.2) is 0 Å². The van der Waals surface area contributed by atoms with Crippen LogP contribution in [-0.4, -0.2) is 0 Å². The SMILES string of the molecule is CC1=CC=C(c2ccc(Cl)cc2)C1. The van der Waals surface area contributed by atoms with Crippen LogP contribution in [0.2, 0.25) is 5.02 Å². The molecule has 0 saturated carbocycles. The lowest BCUT2D eigenvalue weighted by atomic mass is 10.0. The van der Waals surface area contributed by atoms with Crippen LogP contribution in [0.1, 0.15) is 18.9 Å². The molecular formula is C12H11Cl. The van der Waals surface area contributed by atoms with Gasteiger partial charge in [0.2, 0.25) is 0 Å². The van der Waals surface area contributed by atoms with Crippen molar-refractivity contribution < 1.29 is 0 Å². The largest absolute Gasteiger partial charge is 0.0843 e. The van der Waals surface area contributed by atoms with Gasteiger partial charge in [0.1, 0.15) is 0 Å². The fraction of sp³-hybridized carbons (Fsp3) is 0.167. The molecule has 0 aromatic heterocycles. The Kier molecular flexibility index (Phi) is 2.24. The minimum atomic E-state index is 0.798. The van der Waals surface area contributed by atoms with Crippen LogP contribution in [0.15, 0.2) is 42.0 Å². The van der Waals surface area contributed by atoms with Crippen molar-refractivity contribution in [2.24, 2.45) is 0 Å². The molecule has 0 bridgehead atoms. The molecule has 0 nitrogen and oxygen atoms in total. The first-order valence-electron chi connectivity index (χ1n) is 4.38. The van der Waals surface area contributed by atoms with Gasteiger partial charge < -0.3 is 0 Å². The van der Waals surface area contributed by atoms with Crippen LogP contribution in [0.5, 0.6) is 0 Å². The van der Waals surface area contributed by atoms with E-state index in [0.717, 1.165) is 11.4 Å². The number of hydrogen-bond acceptors (Lipinski definition) is 0. The molecule has 0 amide bonds. The van der Waals surface area contributed by atoms with E-state index in [1.54, 1.807) is 0 Å². The summed E-state index contributed by atoms with van der Waals surface area (Å²) in [7, 11) is 0. The van der Waals surface area contributed by atoms with Gasteiger partial charge in [-0.05, 0) is 36.6 Å². The summed E-state index contributed by atoms with van der Waals surface area (Å²) in [6.45, 7) is 2.15. The quantitative estimate of drug-likeness (QED) is 0.626. The van der Waals surface area contributed by atoms with Crippen molar-refractivity contribution in [1.82, 2.24) is 0 Å². The number of hydrogen-bond donors (Lipinski definition) is 0. The van der Waals surface area contributed by atoms with Crippen LogP contribution in [-0.2, 0) is 0 Å². The highest BCUT2D eigenvalue weighted by atomic mass is 35.5. The molecule has 1 aliphatic carbocycles. The molecule has 0 aliphatic heterocycles. The maximum absolute atomic E-state index is 5.81. The zero-order chi connectivity index (χ0) is 9.26. The Morgan fingerprint density at radius 1 is 1.08 bits per heavy atom. The van der Waals surface area contributed by atoms with Crippen LogP contribution in [0.3, 0.4) is 0 Å². The van der Waals surface area contributed by atoms with Crippen molar-refractivity contribution >= 4 is 17.2 Å². The average molecular weight is 191 g/mol. The number of rotatable bonds is 1. The van der Waals surface area contributed by atoms with E-state index in [1.165, 1.54) is 16.7 Å². The first-order valence-corrected chi connectivity index (χ1v) is 4.76. The highest BCUT2D eigenvalue weighted by molar-refractivity contribution is 6.30. The summed E-state index contributed by atoms with van der Waals surface area (Å²) in [5.41, 5.74) is 4.08. The molecular weight excluding hydrogens is 180 g/mol. The summed E-state index contributed by atoms with van der Waals surface area (Å²) in [5.74, 6) is 0. The fourth-order valence-electron chi connectivity index (χ4n) is 1.52. The lowest BCUT2D eigenvalue weighted by Crippen LogP contribution is -1.80. The van der Waals surface area contributed by atoms with Gasteiger partial charge in [0, 0.05) is 5.02 Å². The van der Waals surface area contributed by atoms with Gasteiger partial charge in [0.25, 0.3) is 0 Å². The molecule has 0 radical (unpaired) electrons. The van der Waals surface area contributed by atoms with E-state index >= 15 is 0 Å². The molecule has 0 N–H and O–H groups in total. The topological polar surface area (TPSA) is 0 Å². The van der Waals surface area contributed by atoms with E-state index < -0.39 is 0 Å². The molecule has 1 aromatic carbocycles. The van der Waals surface area contributed by atoms with Crippen LogP contribution >= 0.6 is 11.6 Å². The molecule has 1 aliphatic rings. The van der Waals surface area contributed by atoms with E-state index in [1.807, 2.05) is 12.1 Å². The molecule has 1 heteroatoms. The monoisotopic (exact) mass is 190 g/mol. The Morgan fingerprint density at radius 2 is 1.77 bits per heavy atom. The Hall–Kier alpha value is -1.01. The second kappa shape index (κ2) is 3.39. The van der Waals surface area contributed by atoms with Gasteiger partial charge in [-0.25, -0.2) is 0 Å². The smallest absolute Gasteiger partial charge is 0.0406 e. The van der Waals surface area contributed by atoms with Crippen molar-refractivity contribution in [3.8, 4) is 0 Å². The lowest BCUT2D eigenvalue weighted by Gasteiger charge is -2.02. The van der Waals surface area contributed by atoms with Gasteiger partial charge in [-0.2, -0.15) is 0 Å². The van der Waals surface area contributed by atoms with Crippen LogP contribution < -0.4 is 0 Å². The fourth-order valence-corrected chi connectivity index (χ4v) is 1.65. The van der Waals surface area contributed by atoms with Crippen LogP contribution in [0.4, 0.5) is 0 Å². The summed E-state index contributed by atoms with van der Waals surface area (Å²) in [6, 6.07) is 8.01. The number of allylic oxidation sites excluding steroid dienone is 4. The molecule has 0 atom stereocenters. The number of halogens is 1. The van der Waals surface area contributed by atoms with E-state index in [4.69, 9.17) is 11.6 Å². The van der Waals surface area contributed by atoms with Gasteiger partial charge in [0.05, 0.1) is 0 Å². The Balaban J connectivity index is 2.24. The maximum atomic E-state index is 5.81. The van der Waals surface area contributed by atoms with Crippen molar-refractivity contribution in [2.75, 3.05) is 0 Å². The zero-order valence-electron chi connectivity index (χ0n) is 7.55. The van der Waals surface area contributed by atoms with E-state index in [2.05, 4.69) is 31.2 Å². The summed E-state index contributed by atoms with van der Waals surface area (Å²) in [5, 5.41) is 0.798. The number of benzene rings is 1. The molecule has 0 spiro atoms. The second-order valence-corrected chi connectivity index (χ2v) is 3.83. The predicted octanol–water partition coefficient (Wildman–Crippen LogP) is 4.07. The third-order valence-electron chi connectivity index (χ3n) is 2.25. The van der Waals surface area contributed by atoms with Crippen molar-refractivity contribution in [3.05, 3.63) is 52.6 Å². The third kappa shape index (κ3) is 1.84. The molecule has 1 aromatic rings. The molecule has 2 rings (SSSR count). The average Bonchev–Trinajstić information content (AvgIpc) is 2.53. The van der Waals surface area contributed by atoms with Crippen LogP contribution in [0, 0.1) is 0 Å². The van der Waals surface area contributed by atoms with Crippen molar-refractivity contribution in [3.63, 3.8) is 0 Å². The van der Waals surface area contributed by atoms with Gasteiger partial charge in [-0.15, -0.1) is 0 Å². The Labute approximate surface area is 83.5 Å². The third-order valence-corrected chi connectivity index (χ3v) is 2.51. The maximum Gasteiger partial charge on any atom is 0.0406 e. The highest BCUT2D eigenvalue weighted by Crippen LogP contribution is 2.28. The predicted molar refractivity (Wildman–Crippen MR) is 57.8 cm³/mol. The standard InChI is InChI=1S/C12H11Cl/c1-9-2-3-11(8-9)10-4-6-12(13)7-5-10/h2-7H,8H2,1H3. The highest BCUT2D eigenvalue weighted by Gasteiger charge is 2.06. The summed E-state index contributed by atoms with van der Waals surface area (Å²) < 4.78 is 0. The first-order chi connectivity index (χ1) is 6.25. The van der Waals surface area contributed by atoms with Crippen LogP contribution in [0.25, 0.3) is 5.57 Å². The minimum absolute atomic E-state index is 0.798. The lowest BCUT2D eigenvalue weighted by molar-refractivity contribution is 1.26. The molecule has 0 saturated heterocycles. The first kappa shape index (κ1) is 8.58. The Morgan fingerprint density at radius 3 is 2.31 bits per heavy atom. The summed E-state index contributed by atoms with van der Waals surface area (Å²) in [6.07, 6.45) is 5.42. The molecule has 13 heavy (non-hydrogen) atoms. The van der Waals surface area contributed by atoms with Gasteiger partial charge in [-0.1, -0.05) is 41.5 Å². The van der Waals surface area contributed by atoms with Crippen molar-refractivity contribution in [1.29, 1.82) is 0 Å². The van der Waals surface area contributed by atoms with Gasteiger partial charge >= 0.3 is 0 Å². The van der Waals surface area contributed by atoms with E-state index in [9.17, 15) is 0 Å². The summed E-state index contributed by atoms with van der Waals surface area (Å²) in [4.78, 5) is 0. The second-order valence-electron chi connectivity index (χ2n) is 3.39. The van der Waals surface area contributed by atoms with Gasteiger partial charge in [-0.3, -0.25) is 0 Å². The minimum Gasteiger partial charge on any atom is -0.0843 e. The Bertz CT molecular complexity index is 369. The molecule has 0 fully saturated rings. The molecule has 0 heterocycles. The summed E-state index contributed by atoms with van der Waals surface area (Å²) >= 11 is 5.81. The van der Waals surface area contributed by atoms with E-state index in [-0.39, 0.29) is 0 Å².